The molecule has 0 saturated carbocycles. The van der Waals surface area contributed by atoms with Gasteiger partial charge in [-0.05, 0) is 29.5 Å². The average Bonchev–Trinajstić information content (AvgIpc) is 2.39. The third kappa shape index (κ3) is 3.56. The smallest absolute Gasteiger partial charge is 0.124 e. The largest absolute Gasteiger partial charge is 0.303 e. The predicted octanol–water partition coefficient (Wildman–Crippen LogP) is 3.21. The molecule has 17 heavy (non-hydrogen) atoms. The molecule has 0 heterocycles. The first-order chi connectivity index (χ1) is 8.38. The zero-order valence-electron chi connectivity index (χ0n) is 9.80. The Morgan fingerprint density at radius 3 is 2.18 bits per heavy atom. The highest BCUT2D eigenvalue weighted by atomic mass is 16.1. The lowest BCUT2D eigenvalue weighted by Crippen LogP contribution is -1.93. The van der Waals surface area contributed by atoms with Crippen molar-refractivity contribution in [3.63, 3.8) is 0 Å². The van der Waals surface area contributed by atoms with Gasteiger partial charge in [0.25, 0.3) is 0 Å². The van der Waals surface area contributed by atoms with Crippen LogP contribution in [-0.4, -0.2) is 6.29 Å². The van der Waals surface area contributed by atoms with Crippen LogP contribution >= 0.6 is 0 Å². The molecule has 0 N–H and O–H groups in total. The van der Waals surface area contributed by atoms with E-state index in [2.05, 4.69) is 36.4 Å². The molecule has 0 unspecified atom stereocenters. The van der Waals surface area contributed by atoms with Gasteiger partial charge in [0.15, 0.2) is 0 Å². The summed E-state index contributed by atoms with van der Waals surface area (Å²) in [5.74, 6) is 0. The summed E-state index contributed by atoms with van der Waals surface area (Å²) in [7, 11) is 0. The van der Waals surface area contributed by atoms with E-state index in [1.165, 1.54) is 11.1 Å². The second-order valence-corrected chi connectivity index (χ2v) is 4.18. The van der Waals surface area contributed by atoms with Crippen molar-refractivity contribution in [2.24, 2.45) is 0 Å². The molecule has 0 aromatic heterocycles. The van der Waals surface area contributed by atoms with E-state index < -0.39 is 0 Å². The van der Waals surface area contributed by atoms with Crippen molar-refractivity contribution >= 4 is 6.29 Å². The number of benzene rings is 2. The quantitative estimate of drug-likeness (QED) is 0.713. The number of aldehydes is 1. The molecule has 86 valence electrons. The van der Waals surface area contributed by atoms with Crippen molar-refractivity contribution in [1.29, 1.82) is 0 Å². The Bertz CT molecular complexity index is 474. The SMILES string of the molecule is O=CCc1cccc(CCc2ccccc2)c1. The Balaban J connectivity index is 1.99. The van der Waals surface area contributed by atoms with Crippen LogP contribution in [0.3, 0.4) is 0 Å². The van der Waals surface area contributed by atoms with Crippen LogP contribution < -0.4 is 0 Å². The molecule has 0 bridgehead atoms. The summed E-state index contributed by atoms with van der Waals surface area (Å²) in [6, 6.07) is 18.7. The minimum Gasteiger partial charge on any atom is -0.303 e. The van der Waals surface area contributed by atoms with Gasteiger partial charge in [0.05, 0.1) is 0 Å². The molecular weight excluding hydrogens is 208 g/mol. The summed E-state index contributed by atoms with van der Waals surface area (Å²) in [5.41, 5.74) is 3.76. The molecule has 0 aliphatic rings. The van der Waals surface area contributed by atoms with Crippen LogP contribution in [0.4, 0.5) is 0 Å². The summed E-state index contributed by atoms with van der Waals surface area (Å²) >= 11 is 0. The topological polar surface area (TPSA) is 17.1 Å². The van der Waals surface area contributed by atoms with Gasteiger partial charge in [-0.25, -0.2) is 0 Å². The van der Waals surface area contributed by atoms with Crippen molar-refractivity contribution in [2.75, 3.05) is 0 Å². The lowest BCUT2D eigenvalue weighted by atomic mass is 10.0. The van der Waals surface area contributed by atoms with Crippen molar-refractivity contribution in [3.05, 3.63) is 71.3 Å². The summed E-state index contributed by atoms with van der Waals surface area (Å²) in [5, 5.41) is 0. The lowest BCUT2D eigenvalue weighted by Gasteiger charge is -2.03. The predicted molar refractivity (Wildman–Crippen MR) is 70.1 cm³/mol. The summed E-state index contributed by atoms with van der Waals surface area (Å²) < 4.78 is 0. The van der Waals surface area contributed by atoms with E-state index in [0.29, 0.717) is 6.42 Å². The molecule has 2 rings (SSSR count). The van der Waals surface area contributed by atoms with Gasteiger partial charge in [-0.1, -0.05) is 54.6 Å². The molecule has 2 aromatic carbocycles. The van der Waals surface area contributed by atoms with Gasteiger partial charge < -0.3 is 4.79 Å². The van der Waals surface area contributed by atoms with Gasteiger partial charge in [-0.3, -0.25) is 0 Å². The molecule has 1 heteroatoms. The van der Waals surface area contributed by atoms with Crippen molar-refractivity contribution in [3.8, 4) is 0 Å². The highest BCUT2D eigenvalue weighted by Gasteiger charge is 1.97. The number of carbonyl (C=O) groups excluding carboxylic acids is 1. The zero-order valence-corrected chi connectivity index (χ0v) is 9.80. The lowest BCUT2D eigenvalue weighted by molar-refractivity contribution is -0.107. The Hall–Kier alpha value is -1.89. The molecule has 0 fully saturated rings. The van der Waals surface area contributed by atoms with Gasteiger partial charge in [0.1, 0.15) is 6.29 Å². The third-order valence-corrected chi connectivity index (χ3v) is 2.86. The third-order valence-electron chi connectivity index (χ3n) is 2.86. The molecule has 0 amide bonds. The Morgan fingerprint density at radius 1 is 0.765 bits per heavy atom. The molecule has 0 saturated heterocycles. The van der Waals surface area contributed by atoms with E-state index in [4.69, 9.17) is 0 Å². The normalized spacial score (nSPS) is 10.1. The van der Waals surface area contributed by atoms with Gasteiger partial charge in [-0.2, -0.15) is 0 Å². The number of carbonyl (C=O) groups is 1. The standard InChI is InChI=1S/C16H16O/c17-12-11-16-8-4-7-15(13-16)10-9-14-5-2-1-3-6-14/h1-8,12-13H,9-11H2. The minimum absolute atomic E-state index is 0.513. The summed E-state index contributed by atoms with van der Waals surface area (Å²) in [4.78, 5) is 10.5. The fourth-order valence-corrected chi connectivity index (χ4v) is 1.94. The van der Waals surface area contributed by atoms with E-state index >= 15 is 0 Å². The first kappa shape index (κ1) is 11.6. The van der Waals surface area contributed by atoms with Gasteiger partial charge >= 0.3 is 0 Å². The second kappa shape index (κ2) is 6.00. The minimum atomic E-state index is 0.513. The number of hydrogen-bond acceptors (Lipinski definition) is 1. The highest BCUT2D eigenvalue weighted by Crippen LogP contribution is 2.09. The van der Waals surface area contributed by atoms with Crippen molar-refractivity contribution in [2.45, 2.75) is 19.3 Å². The van der Waals surface area contributed by atoms with Gasteiger partial charge in [-0.15, -0.1) is 0 Å². The monoisotopic (exact) mass is 224 g/mol. The molecular formula is C16H16O. The Labute approximate surface area is 102 Å². The summed E-state index contributed by atoms with van der Waals surface area (Å²) in [6.45, 7) is 0. The fraction of sp³-hybridized carbons (Fsp3) is 0.188. The van der Waals surface area contributed by atoms with E-state index in [9.17, 15) is 4.79 Å². The van der Waals surface area contributed by atoms with E-state index in [-0.39, 0.29) is 0 Å². The molecule has 2 aromatic rings. The van der Waals surface area contributed by atoms with Crippen molar-refractivity contribution < 1.29 is 4.79 Å². The van der Waals surface area contributed by atoms with Crippen LogP contribution in [0.2, 0.25) is 0 Å². The number of aryl methyl sites for hydroxylation is 2. The van der Waals surface area contributed by atoms with Crippen LogP contribution in [0.25, 0.3) is 0 Å². The van der Waals surface area contributed by atoms with Crippen LogP contribution in [0.15, 0.2) is 54.6 Å². The van der Waals surface area contributed by atoms with E-state index in [0.717, 1.165) is 24.7 Å². The van der Waals surface area contributed by atoms with Crippen LogP contribution in [0, 0.1) is 0 Å². The maximum atomic E-state index is 10.5. The molecule has 0 aliphatic heterocycles. The van der Waals surface area contributed by atoms with Gasteiger partial charge in [0.2, 0.25) is 0 Å². The van der Waals surface area contributed by atoms with E-state index in [1.54, 1.807) is 0 Å². The van der Waals surface area contributed by atoms with E-state index in [1.807, 2.05) is 18.2 Å². The molecule has 0 radical (unpaired) electrons. The van der Waals surface area contributed by atoms with Crippen LogP contribution in [0.1, 0.15) is 16.7 Å². The van der Waals surface area contributed by atoms with Crippen LogP contribution in [-0.2, 0) is 24.1 Å². The maximum absolute atomic E-state index is 10.5. The number of hydrogen-bond donors (Lipinski definition) is 0. The molecule has 0 aliphatic carbocycles. The zero-order chi connectivity index (χ0) is 11.9. The summed E-state index contributed by atoms with van der Waals surface area (Å²) in [6.07, 6.45) is 3.54. The highest BCUT2D eigenvalue weighted by molar-refractivity contribution is 5.55. The second-order valence-electron chi connectivity index (χ2n) is 4.18. The average molecular weight is 224 g/mol. The van der Waals surface area contributed by atoms with Crippen LogP contribution in [0.5, 0.6) is 0 Å². The van der Waals surface area contributed by atoms with Gasteiger partial charge in [0, 0.05) is 6.42 Å². The molecule has 0 spiro atoms. The van der Waals surface area contributed by atoms with Crippen molar-refractivity contribution in [1.82, 2.24) is 0 Å². The Morgan fingerprint density at radius 2 is 1.41 bits per heavy atom. The Kier molecular flexibility index (Phi) is 4.09. The maximum Gasteiger partial charge on any atom is 0.124 e. The molecule has 1 nitrogen and oxygen atoms in total. The first-order valence-corrected chi connectivity index (χ1v) is 5.94. The number of rotatable bonds is 5. The molecule has 0 atom stereocenters. The first-order valence-electron chi connectivity index (χ1n) is 5.94. The fourth-order valence-electron chi connectivity index (χ4n) is 1.94.